The molecular formula is C11H19N3O4. The summed E-state index contributed by atoms with van der Waals surface area (Å²) in [5.41, 5.74) is 0. The van der Waals surface area contributed by atoms with Crippen molar-refractivity contribution in [1.29, 1.82) is 0 Å². The number of likely N-dealkylation sites (N-methyl/N-ethyl adjacent to an activating group) is 1. The number of carbonyl (C=O) groups excluding carboxylic acids is 3. The van der Waals surface area contributed by atoms with Crippen molar-refractivity contribution < 1.29 is 19.5 Å². The van der Waals surface area contributed by atoms with Crippen LogP contribution in [0.25, 0.3) is 0 Å². The standard InChI is InChI=1S/C11H19N3O4/c1-2-13(7-8-15)10(17)11(18)14-5-3-12(9-16)4-6-14/h9,15H,2-8H2,1H3. The summed E-state index contributed by atoms with van der Waals surface area (Å²) in [5, 5.41) is 8.81. The molecule has 1 N–H and O–H groups in total. The van der Waals surface area contributed by atoms with Crippen LogP contribution in [0.1, 0.15) is 6.92 Å². The zero-order valence-corrected chi connectivity index (χ0v) is 10.5. The Hall–Kier alpha value is -1.63. The van der Waals surface area contributed by atoms with Crippen molar-refractivity contribution in [3.63, 3.8) is 0 Å². The fraction of sp³-hybridized carbons (Fsp3) is 0.727. The number of carbonyl (C=O) groups is 3. The van der Waals surface area contributed by atoms with Gasteiger partial charge in [-0.1, -0.05) is 0 Å². The number of nitrogens with zero attached hydrogens (tertiary/aromatic N) is 3. The second-order valence-electron chi connectivity index (χ2n) is 4.04. The average molecular weight is 257 g/mol. The van der Waals surface area contributed by atoms with Crippen LogP contribution in [0.2, 0.25) is 0 Å². The van der Waals surface area contributed by atoms with Crippen molar-refractivity contribution in [1.82, 2.24) is 14.7 Å². The minimum absolute atomic E-state index is 0.161. The highest BCUT2D eigenvalue weighted by Crippen LogP contribution is 2.02. The summed E-state index contributed by atoms with van der Waals surface area (Å²) in [7, 11) is 0. The van der Waals surface area contributed by atoms with E-state index in [-0.39, 0.29) is 13.2 Å². The van der Waals surface area contributed by atoms with E-state index in [2.05, 4.69) is 0 Å². The number of hydrogen-bond acceptors (Lipinski definition) is 4. The van der Waals surface area contributed by atoms with Crippen LogP contribution in [-0.4, -0.2) is 83.9 Å². The molecule has 1 aliphatic rings. The Balaban J connectivity index is 2.53. The van der Waals surface area contributed by atoms with Crippen LogP contribution < -0.4 is 0 Å². The smallest absolute Gasteiger partial charge is 0.312 e. The van der Waals surface area contributed by atoms with Crippen LogP contribution in [0.3, 0.4) is 0 Å². The van der Waals surface area contributed by atoms with Crippen molar-refractivity contribution in [3.8, 4) is 0 Å². The molecule has 1 fully saturated rings. The first-order valence-corrected chi connectivity index (χ1v) is 6.02. The van der Waals surface area contributed by atoms with Crippen molar-refractivity contribution in [3.05, 3.63) is 0 Å². The molecule has 7 nitrogen and oxygen atoms in total. The van der Waals surface area contributed by atoms with Crippen LogP contribution in [0, 0.1) is 0 Å². The zero-order chi connectivity index (χ0) is 13.5. The van der Waals surface area contributed by atoms with Gasteiger partial charge in [0.25, 0.3) is 0 Å². The van der Waals surface area contributed by atoms with Crippen molar-refractivity contribution >= 4 is 18.2 Å². The fourth-order valence-electron chi connectivity index (χ4n) is 1.82. The molecule has 18 heavy (non-hydrogen) atoms. The molecule has 0 saturated carbocycles. The largest absolute Gasteiger partial charge is 0.395 e. The van der Waals surface area contributed by atoms with Gasteiger partial charge in [0.15, 0.2) is 0 Å². The van der Waals surface area contributed by atoms with Gasteiger partial charge >= 0.3 is 11.8 Å². The number of amides is 3. The highest BCUT2D eigenvalue weighted by molar-refractivity contribution is 6.34. The van der Waals surface area contributed by atoms with Gasteiger partial charge in [0.2, 0.25) is 6.41 Å². The van der Waals surface area contributed by atoms with E-state index >= 15 is 0 Å². The predicted octanol–water partition coefficient (Wildman–Crippen LogP) is -1.87. The topological polar surface area (TPSA) is 81.2 Å². The molecule has 1 rings (SSSR count). The van der Waals surface area contributed by atoms with Gasteiger partial charge in [-0.15, -0.1) is 0 Å². The maximum absolute atomic E-state index is 11.9. The molecule has 0 aromatic carbocycles. The van der Waals surface area contributed by atoms with E-state index < -0.39 is 11.8 Å². The van der Waals surface area contributed by atoms with E-state index in [1.807, 2.05) is 0 Å². The Morgan fingerprint density at radius 2 is 1.89 bits per heavy atom. The minimum Gasteiger partial charge on any atom is -0.395 e. The monoisotopic (exact) mass is 257 g/mol. The first-order valence-electron chi connectivity index (χ1n) is 6.02. The quantitative estimate of drug-likeness (QED) is 0.472. The van der Waals surface area contributed by atoms with Gasteiger partial charge in [-0.05, 0) is 6.92 Å². The Kier molecular flexibility index (Phi) is 5.57. The summed E-state index contributed by atoms with van der Waals surface area (Å²) < 4.78 is 0. The van der Waals surface area contributed by atoms with Crippen LogP contribution in [0.15, 0.2) is 0 Å². The maximum Gasteiger partial charge on any atom is 0.312 e. The van der Waals surface area contributed by atoms with Gasteiger partial charge in [-0.25, -0.2) is 0 Å². The highest BCUT2D eigenvalue weighted by atomic mass is 16.3. The molecule has 0 aliphatic carbocycles. The predicted molar refractivity (Wildman–Crippen MR) is 63.6 cm³/mol. The van der Waals surface area contributed by atoms with Crippen LogP contribution >= 0.6 is 0 Å². The summed E-state index contributed by atoms with van der Waals surface area (Å²) in [4.78, 5) is 38.6. The van der Waals surface area contributed by atoms with Gasteiger partial charge in [0.05, 0.1) is 6.61 Å². The second kappa shape index (κ2) is 6.95. The van der Waals surface area contributed by atoms with Crippen molar-refractivity contribution in [2.45, 2.75) is 6.92 Å². The van der Waals surface area contributed by atoms with E-state index in [1.54, 1.807) is 11.8 Å². The number of aliphatic hydroxyl groups excluding tert-OH is 1. The van der Waals surface area contributed by atoms with Gasteiger partial charge in [-0.3, -0.25) is 14.4 Å². The number of piperazine rings is 1. The molecule has 1 aliphatic heterocycles. The van der Waals surface area contributed by atoms with E-state index in [9.17, 15) is 14.4 Å². The molecule has 0 atom stereocenters. The third kappa shape index (κ3) is 3.43. The Labute approximate surface area is 106 Å². The van der Waals surface area contributed by atoms with E-state index in [0.717, 1.165) is 6.41 Å². The minimum atomic E-state index is -0.592. The Bertz CT molecular complexity index is 313. The first-order chi connectivity index (χ1) is 8.63. The lowest BCUT2D eigenvalue weighted by atomic mass is 10.3. The molecule has 0 spiro atoms. The Morgan fingerprint density at radius 3 is 2.33 bits per heavy atom. The summed E-state index contributed by atoms with van der Waals surface area (Å²) in [6, 6.07) is 0. The SMILES string of the molecule is CCN(CCO)C(=O)C(=O)N1CCN(C=O)CC1. The van der Waals surface area contributed by atoms with Gasteiger partial charge < -0.3 is 19.8 Å². The number of hydrogen-bond donors (Lipinski definition) is 1. The molecule has 0 aromatic heterocycles. The van der Waals surface area contributed by atoms with Gasteiger partial charge in [-0.2, -0.15) is 0 Å². The summed E-state index contributed by atoms with van der Waals surface area (Å²) in [6.45, 7) is 3.80. The summed E-state index contributed by atoms with van der Waals surface area (Å²) in [5.74, 6) is -1.15. The molecular weight excluding hydrogens is 238 g/mol. The normalized spacial score (nSPS) is 15.4. The summed E-state index contributed by atoms with van der Waals surface area (Å²) >= 11 is 0. The molecule has 0 bridgehead atoms. The fourth-order valence-corrected chi connectivity index (χ4v) is 1.82. The Morgan fingerprint density at radius 1 is 1.28 bits per heavy atom. The average Bonchev–Trinajstić information content (AvgIpc) is 2.43. The molecule has 3 amide bonds. The first kappa shape index (κ1) is 14.4. The molecule has 0 unspecified atom stereocenters. The van der Waals surface area contributed by atoms with Crippen molar-refractivity contribution in [2.75, 3.05) is 45.9 Å². The lowest BCUT2D eigenvalue weighted by Gasteiger charge is -2.33. The van der Waals surface area contributed by atoms with E-state index in [1.165, 1.54) is 9.80 Å². The van der Waals surface area contributed by atoms with E-state index in [4.69, 9.17) is 5.11 Å². The lowest BCUT2D eigenvalue weighted by Crippen LogP contribution is -2.53. The number of rotatable bonds is 4. The van der Waals surface area contributed by atoms with Gasteiger partial charge in [0, 0.05) is 39.3 Å². The van der Waals surface area contributed by atoms with Crippen LogP contribution in [0.5, 0.6) is 0 Å². The zero-order valence-electron chi connectivity index (χ0n) is 10.5. The molecule has 102 valence electrons. The van der Waals surface area contributed by atoms with Crippen LogP contribution in [-0.2, 0) is 14.4 Å². The molecule has 1 saturated heterocycles. The molecule has 7 heteroatoms. The highest BCUT2D eigenvalue weighted by Gasteiger charge is 2.28. The maximum atomic E-state index is 11.9. The lowest BCUT2D eigenvalue weighted by molar-refractivity contribution is -0.153. The number of aliphatic hydroxyl groups is 1. The summed E-state index contributed by atoms with van der Waals surface area (Å²) in [6.07, 6.45) is 0.744. The molecule has 0 radical (unpaired) electrons. The van der Waals surface area contributed by atoms with Crippen LogP contribution in [0.4, 0.5) is 0 Å². The van der Waals surface area contributed by atoms with Gasteiger partial charge in [0.1, 0.15) is 0 Å². The second-order valence-corrected chi connectivity index (χ2v) is 4.04. The third-order valence-electron chi connectivity index (χ3n) is 2.97. The molecule has 0 aromatic rings. The molecule has 1 heterocycles. The van der Waals surface area contributed by atoms with E-state index in [0.29, 0.717) is 32.7 Å². The van der Waals surface area contributed by atoms with Crippen molar-refractivity contribution in [2.24, 2.45) is 0 Å². The third-order valence-corrected chi connectivity index (χ3v) is 2.97.